The predicted octanol–water partition coefficient (Wildman–Crippen LogP) is 1.67. The number of hydrogen-bond acceptors (Lipinski definition) is 4. The van der Waals surface area contributed by atoms with Crippen molar-refractivity contribution >= 4 is 5.69 Å². The molecule has 0 aromatic heterocycles. The Hall–Kier alpha value is -1.62. The molecule has 5 heteroatoms. The lowest BCUT2D eigenvalue weighted by molar-refractivity contribution is -0.385. The number of epoxide rings is 1. The molecule has 0 N–H and O–H groups in total. The van der Waals surface area contributed by atoms with Crippen molar-refractivity contribution in [3.63, 3.8) is 0 Å². The van der Waals surface area contributed by atoms with E-state index in [4.69, 9.17) is 9.47 Å². The summed E-state index contributed by atoms with van der Waals surface area (Å²) in [4.78, 5) is 10.2. The molecule has 0 amide bonds. The number of benzene rings is 1. The molecule has 0 aliphatic carbocycles. The number of nitro benzene ring substituents is 1. The normalized spacial score (nSPS) is 19.1. The molecule has 74 valence electrons. The van der Waals surface area contributed by atoms with E-state index in [1.165, 1.54) is 13.2 Å². The quantitative estimate of drug-likeness (QED) is 0.418. The highest BCUT2D eigenvalue weighted by molar-refractivity contribution is 5.49. The number of ether oxygens (including phenoxy) is 2. The molecule has 2 rings (SSSR count). The third-order valence-corrected chi connectivity index (χ3v) is 2.10. The SMILES string of the molecule is COc1ccc(C2CO2)cc1[N+](=O)[O-]. The molecule has 1 aromatic carbocycles. The minimum absolute atomic E-state index is 0.0134. The highest BCUT2D eigenvalue weighted by Gasteiger charge is 2.27. The lowest BCUT2D eigenvalue weighted by Crippen LogP contribution is -1.94. The van der Waals surface area contributed by atoms with Gasteiger partial charge in [-0.1, -0.05) is 6.07 Å². The number of nitrogens with zero attached hydrogens (tertiary/aromatic N) is 1. The van der Waals surface area contributed by atoms with Crippen molar-refractivity contribution < 1.29 is 14.4 Å². The maximum Gasteiger partial charge on any atom is 0.311 e. The first kappa shape index (κ1) is 8.96. The van der Waals surface area contributed by atoms with Gasteiger partial charge in [-0.2, -0.15) is 0 Å². The molecular formula is C9H9NO4. The summed E-state index contributed by atoms with van der Waals surface area (Å²) >= 11 is 0. The molecule has 1 aliphatic heterocycles. The standard InChI is InChI=1S/C9H9NO4/c1-13-8-3-2-6(9-5-14-9)4-7(8)10(11)12/h2-4,9H,5H2,1H3. The minimum atomic E-state index is -0.454. The summed E-state index contributed by atoms with van der Waals surface area (Å²) in [5.41, 5.74) is 0.818. The van der Waals surface area contributed by atoms with E-state index in [1.807, 2.05) is 0 Å². The molecule has 1 saturated heterocycles. The van der Waals surface area contributed by atoms with Crippen LogP contribution in [0.1, 0.15) is 11.7 Å². The van der Waals surface area contributed by atoms with Crippen LogP contribution in [-0.2, 0) is 4.74 Å². The molecular weight excluding hydrogens is 186 g/mol. The fourth-order valence-electron chi connectivity index (χ4n) is 1.29. The van der Waals surface area contributed by atoms with E-state index in [9.17, 15) is 10.1 Å². The van der Waals surface area contributed by atoms with Crippen LogP contribution in [0, 0.1) is 10.1 Å². The third kappa shape index (κ3) is 1.54. The molecule has 1 atom stereocenters. The van der Waals surface area contributed by atoms with Crippen molar-refractivity contribution in [1.29, 1.82) is 0 Å². The van der Waals surface area contributed by atoms with Crippen molar-refractivity contribution in [1.82, 2.24) is 0 Å². The van der Waals surface area contributed by atoms with Crippen LogP contribution in [0.3, 0.4) is 0 Å². The summed E-state index contributed by atoms with van der Waals surface area (Å²) < 4.78 is 9.92. The Balaban J connectivity index is 2.40. The van der Waals surface area contributed by atoms with E-state index in [1.54, 1.807) is 12.1 Å². The van der Waals surface area contributed by atoms with Gasteiger partial charge in [0.25, 0.3) is 0 Å². The number of hydrogen-bond donors (Lipinski definition) is 0. The monoisotopic (exact) mass is 195 g/mol. The first-order chi connectivity index (χ1) is 6.72. The first-order valence-corrected chi connectivity index (χ1v) is 4.16. The molecule has 5 nitrogen and oxygen atoms in total. The average Bonchev–Trinajstić information content (AvgIpc) is 3.00. The second-order valence-corrected chi connectivity index (χ2v) is 3.01. The molecule has 1 fully saturated rings. The Labute approximate surface area is 80.4 Å². The number of rotatable bonds is 3. The Kier molecular flexibility index (Phi) is 2.09. The third-order valence-electron chi connectivity index (χ3n) is 2.10. The summed E-state index contributed by atoms with van der Waals surface area (Å²) in [5.74, 6) is 0.277. The van der Waals surface area contributed by atoms with Crippen LogP contribution in [0.5, 0.6) is 5.75 Å². The summed E-state index contributed by atoms with van der Waals surface area (Å²) in [6, 6.07) is 4.87. The number of nitro groups is 1. The second kappa shape index (κ2) is 3.26. The second-order valence-electron chi connectivity index (χ2n) is 3.01. The van der Waals surface area contributed by atoms with E-state index in [0.717, 1.165) is 5.56 Å². The largest absolute Gasteiger partial charge is 0.490 e. The zero-order valence-corrected chi connectivity index (χ0v) is 7.60. The number of methoxy groups -OCH3 is 1. The van der Waals surface area contributed by atoms with Gasteiger partial charge in [-0.05, 0) is 11.6 Å². The van der Waals surface area contributed by atoms with Crippen LogP contribution in [0.25, 0.3) is 0 Å². The zero-order valence-electron chi connectivity index (χ0n) is 7.60. The average molecular weight is 195 g/mol. The summed E-state index contributed by atoms with van der Waals surface area (Å²) in [5, 5.41) is 10.7. The van der Waals surface area contributed by atoms with Gasteiger partial charge >= 0.3 is 5.69 Å². The van der Waals surface area contributed by atoms with E-state index in [-0.39, 0.29) is 17.5 Å². The molecule has 0 bridgehead atoms. The van der Waals surface area contributed by atoms with Crippen molar-refractivity contribution in [2.75, 3.05) is 13.7 Å². The van der Waals surface area contributed by atoms with Gasteiger partial charge in [0.05, 0.1) is 18.6 Å². The van der Waals surface area contributed by atoms with Crippen molar-refractivity contribution in [2.24, 2.45) is 0 Å². The Morgan fingerprint density at radius 2 is 2.36 bits per heavy atom. The highest BCUT2D eigenvalue weighted by Crippen LogP contribution is 2.35. The molecule has 0 radical (unpaired) electrons. The lowest BCUT2D eigenvalue weighted by Gasteiger charge is -2.02. The fourth-order valence-corrected chi connectivity index (χ4v) is 1.29. The van der Waals surface area contributed by atoms with Gasteiger partial charge in [0.15, 0.2) is 5.75 Å². The minimum Gasteiger partial charge on any atom is -0.490 e. The van der Waals surface area contributed by atoms with Crippen LogP contribution in [0.15, 0.2) is 18.2 Å². The van der Waals surface area contributed by atoms with Gasteiger partial charge in [-0.3, -0.25) is 10.1 Å². The van der Waals surface area contributed by atoms with Gasteiger partial charge in [-0.15, -0.1) is 0 Å². The fraction of sp³-hybridized carbons (Fsp3) is 0.333. The van der Waals surface area contributed by atoms with Crippen molar-refractivity contribution in [2.45, 2.75) is 6.10 Å². The maximum atomic E-state index is 10.7. The Bertz CT molecular complexity index is 373. The van der Waals surface area contributed by atoms with Gasteiger partial charge in [0.2, 0.25) is 0 Å². The first-order valence-electron chi connectivity index (χ1n) is 4.16. The summed E-state index contributed by atoms with van der Waals surface area (Å²) in [6.45, 7) is 0.642. The van der Waals surface area contributed by atoms with E-state index < -0.39 is 4.92 Å². The van der Waals surface area contributed by atoms with E-state index >= 15 is 0 Å². The summed E-state index contributed by atoms with van der Waals surface area (Å²) in [7, 11) is 1.41. The predicted molar refractivity (Wildman–Crippen MR) is 48.3 cm³/mol. The Morgan fingerprint density at radius 3 is 2.86 bits per heavy atom. The van der Waals surface area contributed by atoms with Crippen LogP contribution in [0.2, 0.25) is 0 Å². The molecule has 0 spiro atoms. The van der Waals surface area contributed by atoms with Gasteiger partial charge in [0.1, 0.15) is 6.10 Å². The van der Waals surface area contributed by atoms with Gasteiger partial charge < -0.3 is 9.47 Å². The highest BCUT2D eigenvalue weighted by atomic mass is 16.6. The van der Waals surface area contributed by atoms with Gasteiger partial charge in [-0.25, -0.2) is 0 Å². The van der Waals surface area contributed by atoms with Crippen molar-refractivity contribution in [3.05, 3.63) is 33.9 Å². The van der Waals surface area contributed by atoms with Crippen LogP contribution >= 0.6 is 0 Å². The summed E-state index contributed by atoms with van der Waals surface area (Å²) in [6.07, 6.45) is 0.0274. The molecule has 0 saturated carbocycles. The Morgan fingerprint density at radius 1 is 1.64 bits per heavy atom. The maximum absolute atomic E-state index is 10.7. The van der Waals surface area contributed by atoms with Crippen molar-refractivity contribution in [3.8, 4) is 5.75 Å². The van der Waals surface area contributed by atoms with E-state index in [2.05, 4.69) is 0 Å². The van der Waals surface area contributed by atoms with E-state index in [0.29, 0.717) is 6.61 Å². The molecule has 1 unspecified atom stereocenters. The lowest BCUT2D eigenvalue weighted by atomic mass is 10.1. The molecule has 1 aromatic rings. The van der Waals surface area contributed by atoms with Crippen LogP contribution in [-0.4, -0.2) is 18.6 Å². The molecule has 1 heterocycles. The molecule has 1 aliphatic rings. The zero-order chi connectivity index (χ0) is 10.1. The van der Waals surface area contributed by atoms with Crippen LogP contribution < -0.4 is 4.74 Å². The smallest absolute Gasteiger partial charge is 0.311 e. The topological polar surface area (TPSA) is 64.9 Å². The van der Waals surface area contributed by atoms with Gasteiger partial charge in [0, 0.05) is 6.07 Å². The molecule has 14 heavy (non-hydrogen) atoms. The van der Waals surface area contributed by atoms with Crippen LogP contribution in [0.4, 0.5) is 5.69 Å².